The Morgan fingerprint density at radius 2 is 1.51 bits per heavy atom. The number of hydrogen-bond acceptors (Lipinski definition) is 7. The molecular formula is C32H55F3N6O7S. The van der Waals surface area contributed by atoms with Crippen molar-refractivity contribution in [3.8, 4) is 0 Å². The maximum absolute atomic E-state index is 14.3. The number of ketones is 1. The minimum Gasteiger partial charge on any atom is -0.353 e. The Morgan fingerprint density at radius 3 is 1.98 bits per heavy atom. The van der Waals surface area contributed by atoms with E-state index >= 15 is 0 Å². The summed E-state index contributed by atoms with van der Waals surface area (Å²) in [5, 5.41) is 10.0. The molecule has 0 spiro atoms. The number of halogens is 3. The van der Waals surface area contributed by atoms with Gasteiger partial charge < -0.3 is 26.2 Å². The molecule has 17 heteroatoms. The topological polar surface area (TPSA) is 174 Å². The SMILES string of the molecule is CNC(=O)C(=O)C(CCC(F)(F)F)NC(=O)[C@@H]1[C@@H](CC(C)C)CCN1C(=O)[C@@H](NC(=O)N[C@H](CN1CCCS1(=O)=O)C(C)(C)C)C(C)(C)C. The number of urea groups is 1. The Labute approximate surface area is 288 Å². The lowest BCUT2D eigenvalue weighted by Crippen LogP contribution is -2.62. The zero-order chi connectivity index (χ0) is 37.7. The van der Waals surface area contributed by atoms with Gasteiger partial charge in [-0.2, -0.15) is 17.5 Å². The second kappa shape index (κ2) is 16.4. The summed E-state index contributed by atoms with van der Waals surface area (Å²) >= 11 is 0. The van der Waals surface area contributed by atoms with Crippen LogP contribution in [0.25, 0.3) is 0 Å². The molecule has 13 nitrogen and oxygen atoms in total. The van der Waals surface area contributed by atoms with Crippen LogP contribution in [0, 0.1) is 22.7 Å². The maximum Gasteiger partial charge on any atom is 0.389 e. The van der Waals surface area contributed by atoms with Gasteiger partial charge in [-0.05, 0) is 48.3 Å². The van der Waals surface area contributed by atoms with Crippen LogP contribution >= 0.6 is 0 Å². The van der Waals surface area contributed by atoms with E-state index in [1.807, 2.05) is 34.6 Å². The minimum absolute atomic E-state index is 0.0298. The monoisotopic (exact) mass is 724 g/mol. The van der Waals surface area contributed by atoms with Crippen LogP contribution in [-0.4, -0.2) is 110 Å². The molecule has 2 fully saturated rings. The van der Waals surface area contributed by atoms with Gasteiger partial charge in [0.15, 0.2) is 0 Å². The lowest BCUT2D eigenvalue weighted by atomic mass is 9.84. The van der Waals surface area contributed by atoms with Crippen molar-refractivity contribution in [1.29, 1.82) is 0 Å². The van der Waals surface area contributed by atoms with Crippen LogP contribution in [0.1, 0.15) is 87.5 Å². The standard InChI is InChI=1S/C32H55F3N6O7S/c1-19(2)17-20-12-15-41(23(20)26(43)37-21(11-13-32(33,34)35)24(42)27(44)36-9)28(45)25(31(6,7)8)39-29(46)38-22(30(3,4)5)18-40-14-10-16-49(40,47)48/h19-23,25H,10-18H2,1-9H3,(H,36,44)(H,37,43)(H2,38,39,46)/t20-,21?,22-,23+,25-/m1/s1. The van der Waals surface area contributed by atoms with Crippen molar-refractivity contribution in [2.24, 2.45) is 22.7 Å². The van der Waals surface area contributed by atoms with E-state index < -0.39 is 99.5 Å². The lowest BCUT2D eigenvalue weighted by Gasteiger charge is -2.38. The fourth-order valence-corrected chi connectivity index (χ4v) is 7.74. The fraction of sp³-hybridized carbons (Fsp3) is 0.844. The average molecular weight is 725 g/mol. The molecule has 0 aromatic heterocycles. The van der Waals surface area contributed by atoms with Gasteiger partial charge in [0.25, 0.3) is 5.91 Å². The van der Waals surface area contributed by atoms with Gasteiger partial charge >= 0.3 is 12.2 Å². The molecule has 2 heterocycles. The first-order chi connectivity index (χ1) is 22.3. The normalized spacial score (nSPS) is 21.9. The molecule has 282 valence electrons. The van der Waals surface area contributed by atoms with Crippen LogP contribution in [-0.2, 0) is 29.2 Å². The van der Waals surface area contributed by atoms with Gasteiger partial charge in [0.1, 0.15) is 12.1 Å². The van der Waals surface area contributed by atoms with Crippen LogP contribution in [0.5, 0.6) is 0 Å². The van der Waals surface area contributed by atoms with Gasteiger partial charge in [-0.25, -0.2) is 13.2 Å². The number of carbonyl (C=O) groups excluding carboxylic acids is 5. The summed E-state index contributed by atoms with van der Waals surface area (Å²) in [6.45, 7) is 15.1. The van der Waals surface area contributed by atoms with E-state index in [-0.39, 0.29) is 24.8 Å². The van der Waals surface area contributed by atoms with E-state index in [0.29, 0.717) is 25.8 Å². The van der Waals surface area contributed by atoms with Crippen LogP contribution in [0.3, 0.4) is 0 Å². The molecule has 4 N–H and O–H groups in total. The van der Waals surface area contributed by atoms with Crippen molar-refractivity contribution in [3.05, 3.63) is 0 Å². The maximum atomic E-state index is 14.3. The highest BCUT2D eigenvalue weighted by atomic mass is 32.2. The number of nitrogens with one attached hydrogen (secondary N) is 4. The summed E-state index contributed by atoms with van der Waals surface area (Å²) < 4.78 is 65.7. The highest BCUT2D eigenvalue weighted by Crippen LogP contribution is 2.33. The third kappa shape index (κ3) is 12.1. The van der Waals surface area contributed by atoms with Gasteiger partial charge in [-0.1, -0.05) is 55.4 Å². The molecule has 5 atom stereocenters. The smallest absolute Gasteiger partial charge is 0.353 e. The molecule has 0 saturated carbocycles. The molecule has 0 aromatic carbocycles. The molecule has 2 aliphatic heterocycles. The first-order valence-corrected chi connectivity index (χ1v) is 18.4. The van der Waals surface area contributed by atoms with Crippen molar-refractivity contribution >= 4 is 39.6 Å². The number of alkyl halides is 3. The first-order valence-electron chi connectivity index (χ1n) is 16.8. The molecule has 0 aliphatic carbocycles. The van der Waals surface area contributed by atoms with Crippen molar-refractivity contribution in [2.45, 2.75) is 118 Å². The number of amides is 5. The van der Waals surface area contributed by atoms with Gasteiger partial charge in [-0.15, -0.1) is 0 Å². The average Bonchev–Trinajstić information content (AvgIpc) is 3.52. The molecule has 2 saturated heterocycles. The summed E-state index contributed by atoms with van der Waals surface area (Å²) in [7, 11) is -2.30. The molecule has 0 aromatic rings. The molecule has 0 bridgehead atoms. The molecular weight excluding hydrogens is 669 g/mol. The summed E-state index contributed by atoms with van der Waals surface area (Å²) in [4.78, 5) is 67.7. The molecule has 1 unspecified atom stereocenters. The van der Waals surface area contributed by atoms with Crippen LogP contribution < -0.4 is 21.3 Å². The zero-order valence-corrected chi connectivity index (χ0v) is 30.9. The fourth-order valence-electron chi connectivity index (χ4n) is 6.21. The first kappa shape index (κ1) is 42.2. The van der Waals surface area contributed by atoms with Crippen molar-refractivity contribution < 1.29 is 45.6 Å². The Balaban J connectivity index is 2.38. The van der Waals surface area contributed by atoms with Gasteiger partial charge in [0, 0.05) is 39.1 Å². The van der Waals surface area contributed by atoms with Crippen molar-refractivity contribution in [1.82, 2.24) is 30.5 Å². The third-order valence-electron chi connectivity index (χ3n) is 8.98. The number of likely N-dealkylation sites (N-methyl/N-ethyl adjacent to an activating group) is 1. The second-order valence-electron chi connectivity index (χ2n) is 15.7. The van der Waals surface area contributed by atoms with Gasteiger partial charge in [0.2, 0.25) is 27.6 Å². The van der Waals surface area contributed by atoms with Crippen molar-refractivity contribution in [2.75, 3.05) is 32.4 Å². The Hall–Kier alpha value is -2.95. The number of carbonyl (C=O) groups is 5. The quantitative estimate of drug-likeness (QED) is 0.211. The van der Waals surface area contributed by atoms with E-state index in [1.165, 1.54) is 9.21 Å². The summed E-state index contributed by atoms with van der Waals surface area (Å²) in [6.07, 6.45) is -5.58. The number of hydrogen-bond donors (Lipinski definition) is 4. The summed E-state index contributed by atoms with van der Waals surface area (Å²) in [5.74, 6) is -4.17. The van der Waals surface area contributed by atoms with Gasteiger partial charge in [0.05, 0.1) is 11.8 Å². The number of nitrogens with zero attached hydrogens (tertiary/aromatic N) is 2. The zero-order valence-electron chi connectivity index (χ0n) is 30.1. The van der Waals surface area contributed by atoms with Crippen LogP contribution in [0.2, 0.25) is 0 Å². The summed E-state index contributed by atoms with van der Waals surface area (Å²) in [5.41, 5.74) is -1.45. The largest absolute Gasteiger partial charge is 0.389 e. The number of likely N-dealkylation sites (tertiary alicyclic amines) is 1. The Bertz CT molecular complexity index is 1330. The number of sulfonamides is 1. The number of rotatable bonds is 13. The molecule has 0 radical (unpaired) electrons. The van der Waals surface area contributed by atoms with Crippen LogP contribution in [0.4, 0.5) is 18.0 Å². The predicted molar refractivity (Wildman–Crippen MR) is 177 cm³/mol. The van der Waals surface area contributed by atoms with E-state index in [0.717, 1.165) is 7.05 Å². The lowest BCUT2D eigenvalue weighted by molar-refractivity contribution is -0.147. The van der Waals surface area contributed by atoms with Gasteiger partial charge in [-0.3, -0.25) is 19.2 Å². The molecule has 2 aliphatic rings. The second-order valence-corrected chi connectivity index (χ2v) is 17.8. The van der Waals surface area contributed by atoms with Crippen LogP contribution in [0.15, 0.2) is 0 Å². The Kier molecular flexibility index (Phi) is 14.1. The number of Topliss-reactive ketones (excluding diaryl/α,β-unsaturated/α-hetero) is 1. The minimum atomic E-state index is -4.65. The van der Waals surface area contributed by atoms with E-state index in [9.17, 15) is 45.6 Å². The third-order valence-corrected chi connectivity index (χ3v) is 10.9. The van der Waals surface area contributed by atoms with E-state index in [4.69, 9.17) is 0 Å². The molecule has 49 heavy (non-hydrogen) atoms. The highest BCUT2D eigenvalue weighted by Gasteiger charge is 2.47. The predicted octanol–water partition coefficient (Wildman–Crippen LogP) is 2.56. The highest BCUT2D eigenvalue weighted by molar-refractivity contribution is 7.89. The van der Waals surface area contributed by atoms with E-state index in [2.05, 4.69) is 21.3 Å². The molecule has 5 amide bonds. The Morgan fingerprint density at radius 1 is 0.898 bits per heavy atom. The summed E-state index contributed by atoms with van der Waals surface area (Å²) in [6, 6.07) is -5.47. The van der Waals surface area contributed by atoms with Crippen molar-refractivity contribution in [3.63, 3.8) is 0 Å². The van der Waals surface area contributed by atoms with E-state index in [1.54, 1.807) is 20.8 Å². The molecule has 2 rings (SSSR count).